The highest BCUT2D eigenvalue weighted by Crippen LogP contribution is 2.18. The molecule has 116 valence electrons. The van der Waals surface area contributed by atoms with E-state index in [9.17, 15) is 5.11 Å². The number of benzene rings is 1. The molecule has 0 saturated heterocycles. The smallest absolute Gasteiger partial charge is 0.0900 e. The summed E-state index contributed by atoms with van der Waals surface area (Å²) in [7, 11) is 0. The van der Waals surface area contributed by atoms with Gasteiger partial charge in [-0.3, -0.25) is 9.88 Å². The molecule has 0 amide bonds. The topological polar surface area (TPSA) is 45.6 Å². The van der Waals surface area contributed by atoms with Crippen molar-refractivity contribution in [3.05, 3.63) is 65.5 Å². The van der Waals surface area contributed by atoms with E-state index in [1.165, 1.54) is 11.1 Å². The molecule has 0 radical (unpaired) electrons. The molecule has 1 unspecified atom stereocenters. The van der Waals surface area contributed by atoms with Crippen LogP contribution in [-0.2, 0) is 24.3 Å². The first-order chi connectivity index (χ1) is 10.8. The SMILES string of the molecule is OC(COCc1cccnc1)CN1CCc2ccccc2C1. The van der Waals surface area contributed by atoms with Crippen molar-refractivity contribution in [1.29, 1.82) is 0 Å². The van der Waals surface area contributed by atoms with E-state index >= 15 is 0 Å². The average Bonchev–Trinajstić information content (AvgIpc) is 2.56. The van der Waals surface area contributed by atoms with Crippen LogP contribution in [0.2, 0.25) is 0 Å². The van der Waals surface area contributed by atoms with Crippen LogP contribution < -0.4 is 0 Å². The molecule has 2 heterocycles. The zero-order valence-electron chi connectivity index (χ0n) is 12.7. The zero-order chi connectivity index (χ0) is 15.2. The molecule has 1 aliphatic heterocycles. The van der Waals surface area contributed by atoms with Crippen molar-refractivity contribution in [3.63, 3.8) is 0 Å². The van der Waals surface area contributed by atoms with Crippen LogP contribution >= 0.6 is 0 Å². The quantitative estimate of drug-likeness (QED) is 0.886. The van der Waals surface area contributed by atoms with Crippen LogP contribution in [0.1, 0.15) is 16.7 Å². The predicted molar refractivity (Wildman–Crippen MR) is 85.3 cm³/mol. The van der Waals surface area contributed by atoms with Crippen LogP contribution in [0.4, 0.5) is 0 Å². The van der Waals surface area contributed by atoms with E-state index in [1.54, 1.807) is 12.4 Å². The van der Waals surface area contributed by atoms with Crippen LogP contribution in [0.5, 0.6) is 0 Å². The Morgan fingerprint density at radius 2 is 2.05 bits per heavy atom. The molecule has 22 heavy (non-hydrogen) atoms. The van der Waals surface area contributed by atoms with Crippen molar-refractivity contribution >= 4 is 0 Å². The second-order valence-corrected chi connectivity index (χ2v) is 5.78. The lowest BCUT2D eigenvalue weighted by Gasteiger charge is -2.30. The maximum absolute atomic E-state index is 10.1. The molecule has 4 heteroatoms. The van der Waals surface area contributed by atoms with Crippen molar-refractivity contribution < 1.29 is 9.84 Å². The summed E-state index contributed by atoms with van der Waals surface area (Å²) >= 11 is 0. The van der Waals surface area contributed by atoms with Crippen LogP contribution in [0.3, 0.4) is 0 Å². The lowest BCUT2D eigenvalue weighted by Crippen LogP contribution is -2.38. The summed E-state index contributed by atoms with van der Waals surface area (Å²) in [5.41, 5.74) is 3.83. The van der Waals surface area contributed by atoms with Crippen molar-refractivity contribution in [2.75, 3.05) is 19.7 Å². The number of fused-ring (bicyclic) bond motifs is 1. The van der Waals surface area contributed by atoms with Crippen LogP contribution in [0, 0.1) is 0 Å². The Morgan fingerprint density at radius 3 is 2.86 bits per heavy atom. The molecule has 1 aliphatic rings. The number of rotatable bonds is 6. The van der Waals surface area contributed by atoms with Crippen molar-refractivity contribution in [2.24, 2.45) is 0 Å². The molecule has 0 aliphatic carbocycles. The van der Waals surface area contributed by atoms with E-state index in [1.807, 2.05) is 12.1 Å². The first kappa shape index (κ1) is 15.2. The summed E-state index contributed by atoms with van der Waals surface area (Å²) in [6.45, 7) is 3.41. The lowest BCUT2D eigenvalue weighted by molar-refractivity contribution is 0.00767. The Morgan fingerprint density at radius 1 is 1.18 bits per heavy atom. The highest BCUT2D eigenvalue weighted by atomic mass is 16.5. The third-order valence-corrected chi connectivity index (χ3v) is 3.98. The standard InChI is InChI=1S/C18H22N2O2/c21-18(14-22-13-15-4-3-8-19-10-15)12-20-9-7-16-5-1-2-6-17(16)11-20/h1-6,8,10,18,21H,7,9,11-14H2. The summed E-state index contributed by atoms with van der Waals surface area (Å²) < 4.78 is 5.58. The van der Waals surface area contributed by atoms with E-state index < -0.39 is 6.10 Å². The minimum Gasteiger partial charge on any atom is -0.389 e. The number of aromatic nitrogens is 1. The number of pyridine rings is 1. The van der Waals surface area contributed by atoms with Gasteiger partial charge >= 0.3 is 0 Å². The number of ether oxygens (including phenoxy) is 1. The molecular weight excluding hydrogens is 276 g/mol. The van der Waals surface area contributed by atoms with Gasteiger partial charge in [-0.1, -0.05) is 30.3 Å². The Labute approximate surface area is 131 Å². The third kappa shape index (κ3) is 4.13. The van der Waals surface area contributed by atoms with Gasteiger partial charge in [-0.05, 0) is 29.2 Å². The molecule has 0 bridgehead atoms. The summed E-state index contributed by atoms with van der Waals surface area (Å²) in [6, 6.07) is 12.4. The molecule has 0 saturated carbocycles. The predicted octanol–water partition coefficient (Wildman–Crippen LogP) is 2.02. The van der Waals surface area contributed by atoms with E-state index in [2.05, 4.69) is 34.1 Å². The Hall–Kier alpha value is -1.75. The second-order valence-electron chi connectivity index (χ2n) is 5.78. The van der Waals surface area contributed by atoms with Crippen molar-refractivity contribution in [2.45, 2.75) is 25.7 Å². The molecule has 1 atom stereocenters. The zero-order valence-corrected chi connectivity index (χ0v) is 12.7. The van der Waals surface area contributed by atoms with Crippen LogP contribution in [0.25, 0.3) is 0 Å². The first-order valence-corrected chi connectivity index (χ1v) is 7.75. The molecule has 1 N–H and O–H groups in total. The van der Waals surface area contributed by atoms with E-state index in [0.29, 0.717) is 19.8 Å². The highest BCUT2D eigenvalue weighted by molar-refractivity contribution is 5.29. The fourth-order valence-electron chi connectivity index (χ4n) is 2.86. The van der Waals surface area contributed by atoms with Gasteiger partial charge in [-0.25, -0.2) is 0 Å². The molecule has 0 fully saturated rings. The van der Waals surface area contributed by atoms with E-state index in [-0.39, 0.29) is 0 Å². The minimum absolute atomic E-state index is 0.354. The fraction of sp³-hybridized carbons (Fsp3) is 0.389. The van der Waals surface area contributed by atoms with Crippen molar-refractivity contribution in [3.8, 4) is 0 Å². The summed E-state index contributed by atoms with van der Waals surface area (Å²) in [4.78, 5) is 6.34. The number of aliphatic hydroxyl groups is 1. The molecule has 1 aromatic carbocycles. The number of aliphatic hydroxyl groups excluding tert-OH is 1. The van der Waals surface area contributed by atoms with Gasteiger partial charge in [0.05, 0.1) is 19.3 Å². The molecular formula is C18H22N2O2. The Balaban J connectivity index is 1.42. The normalized spacial score (nSPS) is 16.2. The monoisotopic (exact) mass is 298 g/mol. The largest absolute Gasteiger partial charge is 0.389 e. The fourth-order valence-corrected chi connectivity index (χ4v) is 2.86. The second kappa shape index (κ2) is 7.49. The Kier molecular flexibility index (Phi) is 5.16. The maximum Gasteiger partial charge on any atom is 0.0900 e. The molecule has 4 nitrogen and oxygen atoms in total. The highest BCUT2D eigenvalue weighted by Gasteiger charge is 2.18. The van der Waals surface area contributed by atoms with Gasteiger partial charge in [-0.15, -0.1) is 0 Å². The van der Waals surface area contributed by atoms with Gasteiger partial charge in [0.15, 0.2) is 0 Å². The van der Waals surface area contributed by atoms with Crippen LogP contribution in [-0.4, -0.2) is 40.8 Å². The summed E-state index contributed by atoms with van der Waals surface area (Å²) in [5.74, 6) is 0. The minimum atomic E-state index is -0.457. The van der Waals surface area contributed by atoms with Gasteiger partial charge in [0.25, 0.3) is 0 Å². The van der Waals surface area contributed by atoms with Gasteiger partial charge in [-0.2, -0.15) is 0 Å². The number of hydrogen-bond donors (Lipinski definition) is 1. The summed E-state index contributed by atoms with van der Waals surface area (Å²) in [5, 5.41) is 10.1. The van der Waals surface area contributed by atoms with Crippen molar-refractivity contribution in [1.82, 2.24) is 9.88 Å². The number of nitrogens with zero attached hydrogens (tertiary/aromatic N) is 2. The van der Waals surface area contributed by atoms with Gasteiger partial charge in [0.1, 0.15) is 0 Å². The molecule has 2 aromatic rings. The first-order valence-electron chi connectivity index (χ1n) is 7.75. The van der Waals surface area contributed by atoms with Gasteiger partial charge < -0.3 is 9.84 Å². The van der Waals surface area contributed by atoms with Gasteiger partial charge in [0.2, 0.25) is 0 Å². The summed E-state index contributed by atoms with van der Waals surface area (Å²) in [6.07, 6.45) is 4.13. The van der Waals surface area contributed by atoms with Crippen LogP contribution in [0.15, 0.2) is 48.8 Å². The maximum atomic E-state index is 10.1. The third-order valence-electron chi connectivity index (χ3n) is 3.98. The van der Waals surface area contributed by atoms with Gasteiger partial charge in [0, 0.05) is 32.0 Å². The number of hydrogen-bond acceptors (Lipinski definition) is 4. The molecule has 1 aromatic heterocycles. The van der Waals surface area contributed by atoms with E-state index in [0.717, 1.165) is 25.1 Å². The molecule has 0 spiro atoms. The lowest BCUT2D eigenvalue weighted by atomic mass is 10.00. The average molecular weight is 298 g/mol. The Bertz CT molecular complexity index is 589. The molecule has 3 rings (SSSR count). The van der Waals surface area contributed by atoms with E-state index in [4.69, 9.17) is 4.74 Å². The number of β-amino-alcohol motifs (C(OH)–C–C–N with tert-alkyl or cyclic N) is 1.